The van der Waals surface area contributed by atoms with E-state index in [2.05, 4.69) is 98.5 Å². The van der Waals surface area contributed by atoms with Crippen LogP contribution in [0.4, 0.5) is 0 Å². The monoisotopic (exact) mass is 675 g/mol. The van der Waals surface area contributed by atoms with E-state index in [9.17, 15) is 8.42 Å². The number of hydrogen-bond acceptors (Lipinski definition) is 6. The number of nitrogens with zero attached hydrogens (tertiary/aromatic N) is 1. The largest absolute Gasteiger partial charge is 0.407 e. The molecule has 3 aliphatic rings. The predicted octanol–water partition coefficient (Wildman–Crippen LogP) is 6.54. The van der Waals surface area contributed by atoms with Crippen molar-refractivity contribution in [1.82, 2.24) is 4.90 Å². The Kier molecular flexibility index (Phi) is 10.5. The second kappa shape index (κ2) is 14.3. The summed E-state index contributed by atoms with van der Waals surface area (Å²) in [7, 11) is -6.26. The quantitative estimate of drug-likeness (QED) is 0.170. The van der Waals surface area contributed by atoms with Gasteiger partial charge in [0.1, 0.15) is 0 Å². The van der Waals surface area contributed by atoms with Gasteiger partial charge in [-0.15, -0.1) is 0 Å². The predicted molar refractivity (Wildman–Crippen MR) is 192 cm³/mol. The topological polar surface area (TPSA) is 65.1 Å². The second-order valence-corrected chi connectivity index (χ2v) is 21.1. The van der Waals surface area contributed by atoms with Crippen molar-refractivity contribution in [2.45, 2.75) is 95.0 Å². The summed E-state index contributed by atoms with van der Waals surface area (Å²) < 4.78 is 44.4. The molecular weight excluding hydrogens is 623 g/mol. The van der Waals surface area contributed by atoms with Gasteiger partial charge in [-0.3, -0.25) is 9.08 Å². The van der Waals surface area contributed by atoms with E-state index >= 15 is 0 Å². The maximum Gasteiger partial charge on any atom is 0.264 e. The molecule has 3 fully saturated rings. The van der Waals surface area contributed by atoms with Gasteiger partial charge in [-0.05, 0) is 59.0 Å². The summed E-state index contributed by atoms with van der Waals surface area (Å²) in [5.74, 6) is 0.378. The van der Waals surface area contributed by atoms with Gasteiger partial charge in [0.05, 0.1) is 25.6 Å². The Hall–Kier alpha value is -2.33. The zero-order valence-corrected chi connectivity index (χ0v) is 30.5. The summed E-state index contributed by atoms with van der Waals surface area (Å²) in [6, 6.07) is 32.4. The minimum absolute atomic E-state index is 0.0292. The van der Waals surface area contributed by atoms with Crippen LogP contribution in [0.5, 0.6) is 0 Å². The highest BCUT2D eigenvalue weighted by Gasteiger charge is 2.56. The van der Waals surface area contributed by atoms with Crippen LogP contribution in [0.25, 0.3) is 0 Å². The minimum atomic E-state index is -3.59. The maximum atomic E-state index is 12.4. The van der Waals surface area contributed by atoms with Crippen LogP contribution in [0.3, 0.4) is 0 Å². The lowest BCUT2D eigenvalue weighted by Gasteiger charge is -2.57. The molecule has 47 heavy (non-hydrogen) atoms. The minimum Gasteiger partial charge on any atom is -0.407 e. The highest BCUT2D eigenvalue weighted by atomic mass is 32.2. The average Bonchev–Trinajstić information content (AvgIpc) is 3.44. The van der Waals surface area contributed by atoms with Crippen LogP contribution in [-0.2, 0) is 30.1 Å². The smallest absolute Gasteiger partial charge is 0.264 e. The van der Waals surface area contributed by atoms with Gasteiger partial charge in [0.25, 0.3) is 18.4 Å². The van der Waals surface area contributed by atoms with Crippen molar-refractivity contribution in [2.75, 3.05) is 26.0 Å². The molecule has 2 saturated heterocycles. The second-order valence-electron chi connectivity index (χ2n) is 15.2. The van der Waals surface area contributed by atoms with Crippen LogP contribution in [-0.4, -0.2) is 65.3 Å². The molecule has 0 amide bonds. The van der Waals surface area contributed by atoms with Crippen LogP contribution >= 0.6 is 0 Å². The highest BCUT2D eigenvalue weighted by Crippen LogP contribution is 2.51. The van der Waals surface area contributed by atoms with Crippen molar-refractivity contribution >= 4 is 28.8 Å². The third-order valence-corrected chi connectivity index (χ3v) is 16.8. The first-order valence-corrected chi connectivity index (χ1v) is 21.3. The van der Waals surface area contributed by atoms with E-state index in [0.29, 0.717) is 25.2 Å². The molecule has 0 aromatic heterocycles. The van der Waals surface area contributed by atoms with Gasteiger partial charge in [0, 0.05) is 30.7 Å². The van der Waals surface area contributed by atoms with Crippen LogP contribution in [0.15, 0.2) is 91.0 Å². The normalized spacial score (nSPS) is 27.1. The van der Waals surface area contributed by atoms with E-state index < -0.39 is 18.4 Å². The lowest BCUT2D eigenvalue weighted by atomic mass is 9.72. The molecule has 3 aromatic rings. The van der Waals surface area contributed by atoms with Gasteiger partial charge >= 0.3 is 0 Å². The molecular formula is C39H53NO5SSi. The molecule has 2 heterocycles. The number of rotatable bonds is 11. The van der Waals surface area contributed by atoms with E-state index in [-0.39, 0.29) is 22.6 Å². The summed E-state index contributed by atoms with van der Waals surface area (Å²) >= 11 is 0. The lowest BCUT2D eigenvalue weighted by molar-refractivity contribution is -0.111. The zero-order chi connectivity index (χ0) is 33.1. The number of fused-ring (bicyclic) bond motifs is 2. The Labute approximate surface area is 284 Å². The molecule has 1 saturated carbocycles. The summed E-state index contributed by atoms with van der Waals surface area (Å²) in [6.07, 6.45) is 8.42. The fourth-order valence-electron chi connectivity index (χ4n) is 9.18. The Morgan fingerprint density at radius 2 is 1.40 bits per heavy atom. The van der Waals surface area contributed by atoms with Gasteiger partial charge in [0.2, 0.25) is 0 Å². The fourth-order valence-corrected chi connectivity index (χ4v) is 14.5. The van der Waals surface area contributed by atoms with Crippen molar-refractivity contribution in [2.24, 2.45) is 11.8 Å². The molecule has 1 spiro atoms. The zero-order valence-electron chi connectivity index (χ0n) is 28.6. The SMILES string of the molecule is CC(C)(C)[Si](OC[C@H]1CCC[C@]12CCC[C@@H]1C[C@@H](OS(C)(=O)=O)[C@@H](COCc3ccccc3)CN12)(c1ccccc1)c1ccccc1. The van der Waals surface area contributed by atoms with E-state index in [1.807, 2.05) is 18.2 Å². The van der Waals surface area contributed by atoms with Crippen molar-refractivity contribution in [3.63, 3.8) is 0 Å². The van der Waals surface area contributed by atoms with Crippen molar-refractivity contribution in [3.8, 4) is 0 Å². The first-order valence-electron chi connectivity index (χ1n) is 17.5. The number of benzene rings is 3. The van der Waals surface area contributed by atoms with Crippen molar-refractivity contribution in [3.05, 3.63) is 96.6 Å². The fraction of sp³-hybridized carbons (Fsp3) is 0.538. The van der Waals surface area contributed by atoms with E-state index in [1.165, 1.54) is 23.1 Å². The van der Waals surface area contributed by atoms with Crippen LogP contribution in [0.2, 0.25) is 5.04 Å². The standard InChI is InChI=1S/C39H53NO5SSi/c1-38(2,3)47(35-20-10-6-11-21-35,36-22-12-7-13-23-36)44-30-33-18-14-24-39(33)25-15-19-34-26-37(45-46(4,41)42)32(27-40(34)39)29-43-28-31-16-8-5-9-17-31/h5-13,16-17,20-23,32-34,37H,14-15,18-19,24-30H2,1-4H3/t32-,33-,34-,37-,39+/m1/s1. The van der Waals surface area contributed by atoms with Gasteiger partial charge in [0.15, 0.2) is 0 Å². The molecule has 0 bridgehead atoms. The molecule has 254 valence electrons. The molecule has 2 aliphatic heterocycles. The summed E-state index contributed by atoms with van der Waals surface area (Å²) in [4.78, 5) is 2.78. The molecule has 6 nitrogen and oxygen atoms in total. The Balaban J connectivity index is 1.27. The molecule has 0 unspecified atom stereocenters. The van der Waals surface area contributed by atoms with Crippen LogP contribution in [0, 0.1) is 11.8 Å². The number of piperidine rings is 2. The van der Waals surface area contributed by atoms with Gasteiger partial charge in [-0.2, -0.15) is 8.42 Å². The van der Waals surface area contributed by atoms with Gasteiger partial charge in [-0.1, -0.05) is 125 Å². The van der Waals surface area contributed by atoms with Gasteiger partial charge in [-0.25, -0.2) is 0 Å². The molecule has 1 aliphatic carbocycles. The number of hydrogen-bond donors (Lipinski definition) is 0. The Morgan fingerprint density at radius 3 is 1.98 bits per heavy atom. The molecule has 5 atom stereocenters. The van der Waals surface area contributed by atoms with E-state index in [4.69, 9.17) is 13.3 Å². The Bertz CT molecular complexity index is 1510. The van der Waals surface area contributed by atoms with Crippen LogP contribution in [0.1, 0.15) is 71.3 Å². The highest BCUT2D eigenvalue weighted by molar-refractivity contribution is 7.86. The summed E-state index contributed by atoms with van der Waals surface area (Å²) in [5.41, 5.74) is 1.16. The van der Waals surface area contributed by atoms with E-state index in [1.54, 1.807) is 0 Å². The van der Waals surface area contributed by atoms with Crippen molar-refractivity contribution < 1.29 is 21.8 Å². The van der Waals surface area contributed by atoms with Crippen molar-refractivity contribution in [1.29, 1.82) is 0 Å². The maximum absolute atomic E-state index is 12.4. The third kappa shape index (κ3) is 7.33. The molecule has 8 heteroatoms. The van der Waals surface area contributed by atoms with Gasteiger partial charge < -0.3 is 9.16 Å². The first kappa shape index (κ1) is 34.5. The Morgan fingerprint density at radius 1 is 0.830 bits per heavy atom. The average molecular weight is 676 g/mol. The lowest BCUT2D eigenvalue weighted by Crippen LogP contribution is -2.68. The molecule has 3 aromatic carbocycles. The van der Waals surface area contributed by atoms with Crippen LogP contribution < -0.4 is 10.4 Å². The van der Waals surface area contributed by atoms with E-state index in [0.717, 1.165) is 57.2 Å². The molecule has 0 radical (unpaired) electrons. The number of ether oxygens (including phenoxy) is 1. The molecule has 0 N–H and O–H groups in total. The third-order valence-electron chi connectivity index (χ3n) is 11.2. The molecule has 6 rings (SSSR count). The summed E-state index contributed by atoms with van der Waals surface area (Å²) in [6.45, 7) is 9.56. The first-order chi connectivity index (χ1) is 22.5. The summed E-state index contributed by atoms with van der Waals surface area (Å²) in [5, 5.41) is 2.57.